The van der Waals surface area contributed by atoms with Gasteiger partial charge >= 0.3 is 5.97 Å². The van der Waals surface area contributed by atoms with Crippen molar-refractivity contribution in [1.29, 1.82) is 0 Å². The van der Waals surface area contributed by atoms with Crippen LogP contribution in [0.15, 0.2) is 53.3 Å². The van der Waals surface area contributed by atoms with Crippen molar-refractivity contribution in [3.63, 3.8) is 0 Å². The maximum atomic E-state index is 12.4. The summed E-state index contributed by atoms with van der Waals surface area (Å²) in [6.45, 7) is -0.587. The Morgan fingerprint density at radius 2 is 2.00 bits per heavy atom. The van der Waals surface area contributed by atoms with Crippen molar-refractivity contribution in [3.8, 4) is 0 Å². The normalized spacial score (nSPS) is 10.8. The van der Waals surface area contributed by atoms with Gasteiger partial charge in [0.1, 0.15) is 0 Å². The minimum absolute atomic E-state index is 0.0504. The minimum Gasteiger partial charge on any atom is -0.452 e. The van der Waals surface area contributed by atoms with Crippen molar-refractivity contribution < 1.29 is 19.2 Å². The zero-order valence-corrected chi connectivity index (χ0v) is 15.9. The van der Waals surface area contributed by atoms with E-state index in [2.05, 4.69) is 15.3 Å². The summed E-state index contributed by atoms with van der Waals surface area (Å²) in [6.07, 6.45) is 0. The van der Waals surface area contributed by atoms with Gasteiger partial charge in [-0.3, -0.25) is 25.0 Å². The van der Waals surface area contributed by atoms with Gasteiger partial charge in [-0.2, -0.15) is 0 Å². The van der Waals surface area contributed by atoms with Crippen molar-refractivity contribution in [2.24, 2.45) is 0 Å². The molecule has 1 amide bonds. The second-order valence-corrected chi connectivity index (χ2v) is 7.18. The zero-order valence-electron chi connectivity index (χ0n) is 15.1. The van der Waals surface area contributed by atoms with E-state index in [4.69, 9.17) is 4.74 Å². The van der Waals surface area contributed by atoms with Crippen LogP contribution in [0.5, 0.6) is 0 Å². The highest BCUT2D eigenvalue weighted by atomic mass is 32.1. The Morgan fingerprint density at radius 1 is 1.20 bits per heavy atom. The van der Waals surface area contributed by atoms with E-state index in [-0.39, 0.29) is 16.4 Å². The number of aromatic amines is 1. The Balaban J connectivity index is 1.45. The molecule has 0 unspecified atom stereocenters. The molecule has 0 bridgehead atoms. The van der Waals surface area contributed by atoms with Crippen LogP contribution in [0.3, 0.4) is 0 Å². The molecule has 150 valence electrons. The molecule has 2 aromatic carbocycles. The number of pyridine rings is 1. The number of nitrogens with zero attached hydrogens (tertiary/aromatic N) is 2. The molecule has 10 nitrogen and oxygen atoms in total. The number of nitro benzene ring substituents is 1. The number of H-pyrrole nitrogens is 1. The fraction of sp³-hybridized carbons (Fsp3) is 0.0526. The van der Waals surface area contributed by atoms with Crippen LogP contribution >= 0.6 is 11.3 Å². The summed E-state index contributed by atoms with van der Waals surface area (Å²) in [7, 11) is 0. The number of rotatable bonds is 5. The lowest BCUT2D eigenvalue weighted by atomic mass is 10.1. The number of fused-ring (bicyclic) bond motifs is 2. The van der Waals surface area contributed by atoms with E-state index in [0.29, 0.717) is 21.1 Å². The van der Waals surface area contributed by atoms with E-state index in [1.54, 1.807) is 24.3 Å². The third-order valence-corrected chi connectivity index (χ3v) is 5.07. The summed E-state index contributed by atoms with van der Waals surface area (Å²) in [5.41, 5.74) is 0.476. The van der Waals surface area contributed by atoms with Crippen LogP contribution < -0.4 is 10.9 Å². The minimum atomic E-state index is -0.813. The van der Waals surface area contributed by atoms with Gasteiger partial charge in [0.2, 0.25) is 5.56 Å². The molecule has 4 rings (SSSR count). The molecule has 0 saturated carbocycles. The van der Waals surface area contributed by atoms with Gasteiger partial charge in [0.05, 0.1) is 20.7 Å². The van der Waals surface area contributed by atoms with Gasteiger partial charge < -0.3 is 9.72 Å². The third-order valence-electron chi connectivity index (χ3n) is 4.13. The number of aromatic nitrogens is 2. The number of para-hydroxylation sites is 1. The molecular formula is C19H12N4O6S. The second-order valence-electron chi connectivity index (χ2n) is 6.15. The second kappa shape index (κ2) is 7.72. The van der Waals surface area contributed by atoms with Gasteiger partial charge in [0.25, 0.3) is 11.6 Å². The Kier molecular flexibility index (Phi) is 4.94. The largest absolute Gasteiger partial charge is 0.452 e. The summed E-state index contributed by atoms with van der Waals surface area (Å²) < 4.78 is 5.57. The molecule has 0 atom stereocenters. The molecule has 0 aliphatic rings. The monoisotopic (exact) mass is 424 g/mol. The fourth-order valence-electron chi connectivity index (χ4n) is 2.82. The summed E-state index contributed by atoms with van der Waals surface area (Å²) in [5, 5.41) is 14.0. The molecule has 0 spiro atoms. The molecule has 4 aromatic rings. The highest BCUT2D eigenvalue weighted by Gasteiger charge is 2.16. The number of thiazole rings is 1. The molecule has 0 aliphatic carbocycles. The molecule has 0 radical (unpaired) electrons. The number of benzene rings is 2. The molecule has 0 aliphatic heterocycles. The number of anilines is 1. The molecule has 11 heteroatoms. The summed E-state index contributed by atoms with van der Waals surface area (Å²) >= 11 is 1.06. The van der Waals surface area contributed by atoms with E-state index in [1.807, 2.05) is 0 Å². The first-order valence-electron chi connectivity index (χ1n) is 8.55. The van der Waals surface area contributed by atoms with E-state index in [0.717, 1.165) is 17.4 Å². The quantitative estimate of drug-likeness (QED) is 0.285. The lowest BCUT2D eigenvalue weighted by molar-refractivity contribution is -0.384. The number of carbonyl (C=O) groups excluding carboxylic acids is 2. The molecular weight excluding hydrogens is 412 g/mol. The van der Waals surface area contributed by atoms with Crippen molar-refractivity contribution >= 4 is 55.2 Å². The predicted octanol–water partition coefficient (Wildman–Crippen LogP) is 2.84. The first kappa shape index (κ1) is 19.2. The Bertz CT molecular complexity index is 1380. The highest BCUT2D eigenvalue weighted by Crippen LogP contribution is 2.29. The molecule has 0 fully saturated rings. The SMILES string of the molecule is O=C(COC(=O)c1cc(=O)[nH]c2ccccc12)Nc1nc2ccc([N+](=O)[O-])cc2s1. The summed E-state index contributed by atoms with van der Waals surface area (Å²) in [4.78, 5) is 53.4. The Hall–Kier alpha value is -4.12. The molecule has 0 saturated heterocycles. The van der Waals surface area contributed by atoms with Crippen molar-refractivity contribution in [1.82, 2.24) is 9.97 Å². The number of amides is 1. The number of carbonyl (C=O) groups is 2. The summed E-state index contributed by atoms with van der Waals surface area (Å²) in [6, 6.07) is 12.0. The number of nitrogens with one attached hydrogen (secondary N) is 2. The number of esters is 1. The van der Waals surface area contributed by atoms with Gasteiger partial charge in [-0.05, 0) is 12.1 Å². The predicted molar refractivity (Wildman–Crippen MR) is 110 cm³/mol. The topological polar surface area (TPSA) is 144 Å². The molecule has 2 aromatic heterocycles. The first-order valence-corrected chi connectivity index (χ1v) is 9.36. The van der Waals surface area contributed by atoms with Crippen molar-refractivity contribution in [3.05, 3.63) is 74.6 Å². The van der Waals surface area contributed by atoms with Crippen LogP contribution in [-0.4, -0.2) is 33.4 Å². The van der Waals surface area contributed by atoms with Crippen LogP contribution in [0.2, 0.25) is 0 Å². The Labute approximate surface area is 171 Å². The van der Waals surface area contributed by atoms with E-state index >= 15 is 0 Å². The fourth-order valence-corrected chi connectivity index (χ4v) is 3.73. The lowest BCUT2D eigenvalue weighted by Crippen LogP contribution is -2.21. The number of hydrogen-bond donors (Lipinski definition) is 2. The van der Waals surface area contributed by atoms with Gasteiger partial charge in [-0.15, -0.1) is 0 Å². The average Bonchev–Trinajstić information content (AvgIpc) is 3.12. The molecule has 2 heterocycles. The lowest BCUT2D eigenvalue weighted by Gasteiger charge is -2.07. The number of hydrogen-bond acceptors (Lipinski definition) is 8. The molecule has 2 N–H and O–H groups in total. The van der Waals surface area contributed by atoms with Crippen molar-refractivity contribution in [2.45, 2.75) is 0 Å². The van der Waals surface area contributed by atoms with Crippen LogP contribution in [-0.2, 0) is 9.53 Å². The van der Waals surface area contributed by atoms with Crippen molar-refractivity contribution in [2.75, 3.05) is 11.9 Å². The van der Waals surface area contributed by atoms with Crippen LogP contribution in [0.1, 0.15) is 10.4 Å². The van der Waals surface area contributed by atoms with E-state index in [1.165, 1.54) is 18.2 Å². The van der Waals surface area contributed by atoms with Crippen LogP contribution in [0, 0.1) is 10.1 Å². The summed E-state index contributed by atoms with van der Waals surface area (Å²) in [5.74, 6) is -1.45. The first-order chi connectivity index (χ1) is 14.4. The molecule has 30 heavy (non-hydrogen) atoms. The standard InChI is InChI=1S/C19H12N4O6S/c24-16-8-12(11-3-1-2-4-13(11)20-16)18(26)29-9-17(25)22-19-21-14-6-5-10(23(27)28)7-15(14)30-19/h1-8H,9H2,(H,20,24)(H,21,22,25). The van der Waals surface area contributed by atoms with Crippen LogP contribution in [0.25, 0.3) is 21.1 Å². The van der Waals surface area contributed by atoms with Gasteiger partial charge in [-0.1, -0.05) is 29.5 Å². The van der Waals surface area contributed by atoms with Gasteiger partial charge in [-0.25, -0.2) is 9.78 Å². The maximum Gasteiger partial charge on any atom is 0.339 e. The smallest absolute Gasteiger partial charge is 0.339 e. The van der Waals surface area contributed by atoms with Gasteiger partial charge in [0.15, 0.2) is 11.7 Å². The zero-order chi connectivity index (χ0) is 21.3. The number of ether oxygens (including phenoxy) is 1. The van der Waals surface area contributed by atoms with E-state index in [9.17, 15) is 24.5 Å². The Morgan fingerprint density at radius 3 is 2.80 bits per heavy atom. The van der Waals surface area contributed by atoms with Crippen LogP contribution in [0.4, 0.5) is 10.8 Å². The van der Waals surface area contributed by atoms with Gasteiger partial charge in [0, 0.05) is 29.1 Å². The average molecular weight is 424 g/mol. The number of non-ortho nitro benzene ring substituents is 1. The highest BCUT2D eigenvalue weighted by molar-refractivity contribution is 7.22. The number of nitro groups is 1. The van der Waals surface area contributed by atoms with E-state index < -0.39 is 29.0 Å². The third kappa shape index (κ3) is 3.86. The maximum absolute atomic E-state index is 12.4.